The smallest absolute Gasteiger partial charge is 0.255 e. The predicted octanol–water partition coefficient (Wildman–Crippen LogP) is 3.29. The van der Waals surface area contributed by atoms with Crippen LogP contribution < -0.4 is 15.8 Å². The maximum atomic E-state index is 12.0. The van der Waals surface area contributed by atoms with E-state index in [0.717, 1.165) is 4.47 Å². The molecule has 0 unspecified atom stereocenters. The number of nitrogen functional groups attached to an aromatic ring is 1. The highest BCUT2D eigenvalue weighted by Gasteiger charge is 2.08. The molecule has 0 atom stereocenters. The van der Waals surface area contributed by atoms with Gasteiger partial charge < -0.3 is 15.8 Å². The van der Waals surface area contributed by atoms with Crippen molar-refractivity contribution in [2.75, 3.05) is 18.2 Å². The number of rotatable bonds is 3. The lowest BCUT2D eigenvalue weighted by Crippen LogP contribution is -2.13. The third-order valence-electron chi connectivity index (χ3n) is 2.61. The minimum absolute atomic E-state index is 0.211. The lowest BCUT2D eigenvalue weighted by atomic mass is 10.2. The molecule has 2 aromatic carbocycles. The van der Waals surface area contributed by atoms with E-state index in [4.69, 9.17) is 10.5 Å². The summed E-state index contributed by atoms with van der Waals surface area (Å²) < 4.78 is 5.91. The van der Waals surface area contributed by atoms with Crippen LogP contribution in [0.2, 0.25) is 0 Å². The molecule has 0 heterocycles. The third-order valence-corrected chi connectivity index (χ3v) is 3.11. The predicted molar refractivity (Wildman–Crippen MR) is 79.5 cm³/mol. The number of hydrogen-bond acceptors (Lipinski definition) is 3. The highest BCUT2D eigenvalue weighted by atomic mass is 79.9. The Morgan fingerprint density at radius 3 is 2.47 bits per heavy atom. The Bertz CT molecular complexity index is 597. The Morgan fingerprint density at radius 2 is 1.89 bits per heavy atom. The summed E-state index contributed by atoms with van der Waals surface area (Å²) in [6.07, 6.45) is 0. The number of hydrogen-bond donors (Lipinski definition) is 2. The minimum Gasteiger partial charge on any atom is -0.497 e. The number of anilines is 2. The topological polar surface area (TPSA) is 64.3 Å². The molecule has 19 heavy (non-hydrogen) atoms. The molecule has 98 valence electrons. The van der Waals surface area contributed by atoms with Gasteiger partial charge in [0.1, 0.15) is 5.75 Å². The highest BCUT2D eigenvalue weighted by molar-refractivity contribution is 9.10. The van der Waals surface area contributed by atoms with Crippen LogP contribution in [0.4, 0.5) is 11.4 Å². The average molecular weight is 321 g/mol. The van der Waals surface area contributed by atoms with Crippen LogP contribution in [0.1, 0.15) is 10.4 Å². The summed E-state index contributed by atoms with van der Waals surface area (Å²) in [5, 5.41) is 2.77. The van der Waals surface area contributed by atoms with Gasteiger partial charge in [-0.3, -0.25) is 4.79 Å². The molecule has 0 aliphatic rings. The maximum Gasteiger partial charge on any atom is 0.255 e. The minimum atomic E-state index is -0.211. The van der Waals surface area contributed by atoms with Crippen LogP contribution in [0, 0.1) is 0 Å². The summed E-state index contributed by atoms with van der Waals surface area (Å²) >= 11 is 3.32. The van der Waals surface area contributed by atoms with E-state index in [1.807, 2.05) is 6.07 Å². The average Bonchev–Trinajstić information content (AvgIpc) is 2.42. The van der Waals surface area contributed by atoms with E-state index in [-0.39, 0.29) is 5.91 Å². The summed E-state index contributed by atoms with van der Waals surface area (Å²) in [5.41, 5.74) is 7.47. The number of halogens is 1. The molecule has 0 aromatic heterocycles. The van der Waals surface area contributed by atoms with Gasteiger partial charge in [0.25, 0.3) is 5.91 Å². The second-order valence-electron chi connectivity index (χ2n) is 3.91. The Labute approximate surface area is 119 Å². The molecule has 1 amide bonds. The molecular weight excluding hydrogens is 308 g/mol. The summed E-state index contributed by atoms with van der Waals surface area (Å²) in [5.74, 6) is 0.497. The normalized spacial score (nSPS) is 10.0. The number of nitrogens with one attached hydrogen (secondary N) is 1. The molecular formula is C14H13BrN2O2. The lowest BCUT2D eigenvalue weighted by Gasteiger charge is -2.09. The summed E-state index contributed by atoms with van der Waals surface area (Å²) in [4.78, 5) is 12.0. The number of amides is 1. The summed E-state index contributed by atoms with van der Waals surface area (Å²) in [7, 11) is 1.58. The first-order chi connectivity index (χ1) is 9.10. The quantitative estimate of drug-likeness (QED) is 0.853. The zero-order chi connectivity index (χ0) is 13.8. The fraction of sp³-hybridized carbons (Fsp3) is 0.0714. The van der Waals surface area contributed by atoms with Gasteiger partial charge in [-0.15, -0.1) is 0 Å². The van der Waals surface area contributed by atoms with Crippen LogP contribution in [0.5, 0.6) is 5.75 Å². The van der Waals surface area contributed by atoms with Crippen molar-refractivity contribution in [2.24, 2.45) is 0 Å². The van der Waals surface area contributed by atoms with Crippen molar-refractivity contribution in [1.29, 1.82) is 0 Å². The van der Waals surface area contributed by atoms with Gasteiger partial charge in [0.2, 0.25) is 0 Å². The van der Waals surface area contributed by atoms with Gasteiger partial charge in [0.15, 0.2) is 0 Å². The summed E-state index contributed by atoms with van der Waals surface area (Å²) in [6, 6.07) is 12.2. The molecule has 0 saturated carbocycles. The molecule has 4 nitrogen and oxygen atoms in total. The Morgan fingerprint density at radius 1 is 1.21 bits per heavy atom. The van der Waals surface area contributed by atoms with Crippen LogP contribution in [-0.4, -0.2) is 13.0 Å². The zero-order valence-corrected chi connectivity index (χ0v) is 11.9. The lowest BCUT2D eigenvalue weighted by molar-refractivity contribution is 0.102. The fourth-order valence-corrected chi connectivity index (χ4v) is 1.96. The van der Waals surface area contributed by atoms with Crippen LogP contribution in [0.15, 0.2) is 46.9 Å². The van der Waals surface area contributed by atoms with Gasteiger partial charge in [0.05, 0.1) is 18.5 Å². The Hall–Kier alpha value is -2.01. The molecule has 5 heteroatoms. The van der Waals surface area contributed by atoms with Gasteiger partial charge >= 0.3 is 0 Å². The molecule has 3 N–H and O–H groups in total. The monoisotopic (exact) mass is 320 g/mol. The third kappa shape index (κ3) is 3.26. The van der Waals surface area contributed by atoms with Crippen LogP contribution in [0.25, 0.3) is 0 Å². The van der Waals surface area contributed by atoms with Gasteiger partial charge in [0, 0.05) is 10.0 Å². The van der Waals surface area contributed by atoms with Crippen LogP contribution in [0.3, 0.4) is 0 Å². The number of carbonyl (C=O) groups excluding carboxylic acids is 1. The van der Waals surface area contributed by atoms with Crippen LogP contribution >= 0.6 is 15.9 Å². The molecule has 0 aliphatic carbocycles. The standard InChI is InChI=1S/C14H13BrN2O2/c1-19-11-5-2-9(3-6-11)14(18)17-13-7-4-10(15)8-12(13)16/h2-8H,16H2,1H3,(H,17,18). The fourth-order valence-electron chi connectivity index (χ4n) is 1.58. The van der Waals surface area contributed by atoms with Gasteiger partial charge in [-0.05, 0) is 42.5 Å². The van der Waals surface area contributed by atoms with E-state index in [0.29, 0.717) is 22.7 Å². The number of nitrogens with two attached hydrogens (primary N) is 1. The highest BCUT2D eigenvalue weighted by Crippen LogP contribution is 2.23. The number of ether oxygens (including phenoxy) is 1. The first-order valence-electron chi connectivity index (χ1n) is 5.60. The number of benzene rings is 2. The SMILES string of the molecule is COc1ccc(C(=O)Nc2ccc(Br)cc2N)cc1. The summed E-state index contributed by atoms with van der Waals surface area (Å²) in [6.45, 7) is 0. The first-order valence-corrected chi connectivity index (χ1v) is 6.40. The van der Waals surface area contributed by atoms with Crippen molar-refractivity contribution in [3.8, 4) is 5.75 Å². The van der Waals surface area contributed by atoms with E-state index in [1.165, 1.54) is 0 Å². The molecule has 0 saturated heterocycles. The molecule has 0 fully saturated rings. The first kappa shape index (κ1) is 13.4. The van der Waals surface area contributed by atoms with Crippen molar-refractivity contribution < 1.29 is 9.53 Å². The molecule has 2 aromatic rings. The van der Waals surface area contributed by atoms with Crippen LogP contribution in [-0.2, 0) is 0 Å². The van der Waals surface area contributed by atoms with Crippen molar-refractivity contribution in [3.05, 3.63) is 52.5 Å². The van der Waals surface area contributed by atoms with Crippen molar-refractivity contribution >= 4 is 33.2 Å². The number of methoxy groups -OCH3 is 1. The van der Waals surface area contributed by atoms with E-state index >= 15 is 0 Å². The van der Waals surface area contributed by atoms with Gasteiger partial charge in [-0.1, -0.05) is 15.9 Å². The molecule has 0 bridgehead atoms. The molecule has 0 radical (unpaired) electrons. The van der Waals surface area contributed by atoms with Gasteiger partial charge in [-0.2, -0.15) is 0 Å². The van der Waals surface area contributed by atoms with Crippen molar-refractivity contribution in [3.63, 3.8) is 0 Å². The van der Waals surface area contributed by atoms with E-state index in [1.54, 1.807) is 43.5 Å². The van der Waals surface area contributed by atoms with Crippen molar-refractivity contribution in [1.82, 2.24) is 0 Å². The maximum absolute atomic E-state index is 12.0. The second-order valence-corrected chi connectivity index (χ2v) is 4.83. The second kappa shape index (κ2) is 5.75. The van der Waals surface area contributed by atoms with E-state index < -0.39 is 0 Å². The number of carbonyl (C=O) groups is 1. The zero-order valence-electron chi connectivity index (χ0n) is 10.3. The van der Waals surface area contributed by atoms with Gasteiger partial charge in [-0.25, -0.2) is 0 Å². The van der Waals surface area contributed by atoms with Crippen molar-refractivity contribution in [2.45, 2.75) is 0 Å². The largest absolute Gasteiger partial charge is 0.497 e. The Kier molecular flexibility index (Phi) is 4.06. The Balaban J connectivity index is 2.15. The van der Waals surface area contributed by atoms with E-state index in [2.05, 4.69) is 21.2 Å². The molecule has 0 aliphatic heterocycles. The van der Waals surface area contributed by atoms with E-state index in [9.17, 15) is 4.79 Å². The molecule has 0 spiro atoms. The molecule has 2 rings (SSSR count).